The van der Waals surface area contributed by atoms with E-state index < -0.39 is 38.6 Å². The molecular weight excluding hydrogens is 495 g/mol. The summed E-state index contributed by atoms with van der Waals surface area (Å²) in [5.41, 5.74) is -1.65. The van der Waals surface area contributed by atoms with Gasteiger partial charge in [0, 0.05) is 18.8 Å². The Morgan fingerprint density at radius 3 is 2.64 bits per heavy atom. The van der Waals surface area contributed by atoms with E-state index in [4.69, 9.17) is 4.99 Å². The lowest BCUT2D eigenvalue weighted by Crippen LogP contribution is -2.53. The van der Waals surface area contributed by atoms with Crippen LogP contribution in [0.1, 0.15) is 44.1 Å². The number of aliphatic imine (C=N–C) groups is 1. The number of benzene rings is 1. The Morgan fingerprint density at radius 1 is 1.17 bits per heavy atom. The molecule has 192 valence electrons. The number of amidine groups is 1. The first-order valence-electron chi connectivity index (χ1n) is 11.9. The van der Waals surface area contributed by atoms with Gasteiger partial charge >= 0.3 is 12.2 Å². The maximum absolute atomic E-state index is 13.5. The highest BCUT2D eigenvalue weighted by atomic mass is 32.3. The van der Waals surface area contributed by atoms with Crippen molar-refractivity contribution >= 4 is 28.0 Å². The number of nitrogens with one attached hydrogen (secondary N) is 1. The van der Waals surface area contributed by atoms with Crippen LogP contribution in [0.25, 0.3) is 0 Å². The second kappa shape index (κ2) is 9.24. The number of rotatable bonds is 4. The average Bonchev–Trinajstić information content (AvgIpc) is 3.42. The molecule has 1 N–H and O–H groups in total. The maximum Gasteiger partial charge on any atom is 0.416 e. The Kier molecular flexibility index (Phi) is 6.38. The molecule has 3 heterocycles. The van der Waals surface area contributed by atoms with Gasteiger partial charge in [0.25, 0.3) is 0 Å². The summed E-state index contributed by atoms with van der Waals surface area (Å²) in [5.74, 6) is 0.407. The fraction of sp³-hybridized carbons (Fsp3) is 0.458. The van der Waals surface area contributed by atoms with Gasteiger partial charge in [0.05, 0.1) is 30.0 Å². The largest absolute Gasteiger partial charge is 0.593 e. The number of halogens is 3. The van der Waals surface area contributed by atoms with E-state index in [-0.39, 0.29) is 25.6 Å². The Balaban J connectivity index is 1.53. The first-order valence-corrected chi connectivity index (χ1v) is 13.3. The van der Waals surface area contributed by atoms with Gasteiger partial charge < -0.3 is 4.55 Å². The van der Waals surface area contributed by atoms with Crippen LogP contribution >= 0.6 is 0 Å². The van der Waals surface area contributed by atoms with Crippen LogP contribution in [-0.2, 0) is 20.8 Å². The second-order valence-electron chi connectivity index (χ2n) is 9.39. The zero-order valence-corrected chi connectivity index (χ0v) is 20.2. The van der Waals surface area contributed by atoms with Gasteiger partial charge in [-0.25, -0.2) is 4.79 Å². The van der Waals surface area contributed by atoms with E-state index in [1.54, 1.807) is 18.3 Å². The van der Waals surface area contributed by atoms with Gasteiger partial charge in [-0.1, -0.05) is 29.5 Å². The number of amides is 2. The third-order valence-electron chi connectivity index (χ3n) is 7.10. The molecule has 5 rings (SSSR count). The van der Waals surface area contributed by atoms with Crippen molar-refractivity contribution in [2.24, 2.45) is 4.99 Å². The molecule has 2 aliphatic heterocycles. The lowest BCUT2D eigenvalue weighted by atomic mass is 9.93. The summed E-state index contributed by atoms with van der Waals surface area (Å²) in [5, 5.41) is 2.86. The molecular formula is C24H26F3N5O3S. The molecule has 3 fully saturated rings. The fourth-order valence-electron chi connectivity index (χ4n) is 5.29. The zero-order chi connectivity index (χ0) is 25.6. The number of urea groups is 1. The third kappa shape index (κ3) is 4.41. The number of pyridine rings is 1. The van der Waals surface area contributed by atoms with Crippen LogP contribution in [0.5, 0.6) is 0 Å². The summed E-state index contributed by atoms with van der Waals surface area (Å²) in [7, 11) is -4.27. The minimum atomic E-state index is -4.67. The quantitative estimate of drug-likeness (QED) is 0.603. The molecule has 8 nitrogen and oxygen atoms in total. The molecule has 1 aromatic carbocycles. The molecule has 36 heavy (non-hydrogen) atoms. The molecule has 2 aromatic rings. The Hall–Kier alpha value is -2.83. The molecule has 2 atom stereocenters. The molecule has 1 aliphatic carbocycles. The van der Waals surface area contributed by atoms with E-state index in [2.05, 4.69) is 10.3 Å². The fourth-order valence-corrected chi connectivity index (χ4v) is 6.83. The molecule has 3 aliphatic rings. The molecule has 1 saturated carbocycles. The van der Waals surface area contributed by atoms with Gasteiger partial charge in [-0.2, -0.15) is 13.2 Å². The number of hydrogen-bond donors (Lipinski definition) is 1. The molecule has 2 saturated heterocycles. The van der Waals surface area contributed by atoms with Crippen molar-refractivity contribution in [3.63, 3.8) is 0 Å². The van der Waals surface area contributed by atoms with Crippen LogP contribution in [0.2, 0.25) is 0 Å². The summed E-state index contributed by atoms with van der Waals surface area (Å²) < 4.78 is 67.8. The Bertz CT molecular complexity index is 1220. The van der Waals surface area contributed by atoms with Gasteiger partial charge in [-0.3, -0.25) is 20.2 Å². The molecule has 2 unspecified atom stereocenters. The minimum Gasteiger partial charge on any atom is -0.593 e. The Morgan fingerprint density at radius 2 is 1.94 bits per heavy atom. The summed E-state index contributed by atoms with van der Waals surface area (Å²) in [4.78, 5) is 23.2. The molecule has 0 radical (unpaired) electrons. The third-order valence-corrected chi connectivity index (χ3v) is 8.94. The second-order valence-corrected chi connectivity index (χ2v) is 11.3. The van der Waals surface area contributed by atoms with Crippen molar-refractivity contribution in [1.82, 2.24) is 14.6 Å². The molecule has 2 amide bonds. The van der Waals surface area contributed by atoms with E-state index in [9.17, 15) is 26.7 Å². The van der Waals surface area contributed by atoms with Crippen LogP contribution in [0.15, 0.2) is 58.7 Å². The topological polar surface area (TPSA) is 101 Å². The minimum absolute atomic E-state index is 0.0218. The predicted octanol–water partition coefficient (Wildman–Crippen LogP) is 4.41. The first-order chi connectivity index (χ1) is 17.1. The number of alkyl halides is 3. The monoisotopic (exact) mass is 521 g/mol. The van der Waals surface area contributed by atoms with Crippen LogP contribution in [-0.4, -0.2) is 50.4 Å². The molecule has 1 spiro atoms. The van der Waals surface area contributed by atoms with Crippen molar-refractivity contribution in [2.75, 3.05) is 18.0 Å². The van der Waals surface area contributed by atoms with E-state index >= 15 is 0 Å². The summed E-state index contributed by atoms with van der Waals surface area (Å²) >= 11 is 0. The van der Waals surface area contributed by atoms with Crippen molar-refractivity contribution in [3.8, 4) is 0 Å². The SMILES string of the molecule is O=C1NC(=NC2CCCCC2)C2(CCN([S+](=O)([O-])c3cccc(C(F)(F)F)c3)C2)N1c1cccnc1. The first kappa shape index (κ1) is 24.8. The van der Waals surface area contributed by atoms with Crippen molar-refractivity contribution in [3.05, 3.63) is 54.4 Å². The molecule has 12 heteroatoms. The normalized spacial score (nSPS) is 26.5. The van der Waals surface area contributed by atoms with Gasteiger partial charge in [-0.15, -0.1) is 4.31 Å². The van der Waals surface area contributed by atoms with Crippen LogP contribution in [0, 0.1) is 0 Å². The predicted molar refractivity (Wildman–Crippen MR) is 127 cm³/mol. The standard InChI is InChI=1S/C24H26F3N5O3S/c25-24(26,27)17-6-4-10-20(14-17)36(34,35)31-13-11-23(16-31)21(29-18-7-2-1-3-8-18)30-22(33)32(23)19-9-5-12-28-15-19/h4-6,9-10,12,14-15,18H,1-3,7-8,11,13,16H2,(H-,29,30,33,34,35). The van der Waals surface area contributed by atoms with Gasteiger partial charge in [0.2, 0.25) is 0 Å². The zero-order valence-electron chi connectivity index (χ0n) is 19.4. The van der Waals surface area contributed by atoms with Gasteiger partial charge in [0.1, 0.15) is 11.4 Å². The van der Waals surface area contributed by atoms with Crippen molar-refractivity contribution in [2.45, 2.75) is 61.2 Å². The van der Waals surface area contributed by atoms with Gasteiger partial charge in [0.15, 0.2) is 15.3 Å². The van der Waals surface area contributed by atoms with Gasteiger partial charge in [-0.05, 0) is 43.5 Å². The maximum atomic E-state index is 13.5. The summed E-state index contributed by atoms with van der Waals surface area (Å²) in [6.07, 6.45) is 3.62. The van der Waals surface area contributed by atoms with E-state index in [0.29, 0.717) is 17.6 Å². The molecule has 0 bridgehead atoms. The average molecular weight is 522 g/mol. The number of nitrogens with zero attached hydrogens (tertiary/aromatic N) is 4. The smallest absolute Gasteiger partial charge is 0.416 e. The summed E-state index contributed by atoms with van der Waals surface area (Å²) in [6.45, 7) is -0.112. The number of sulfonamides is 1. The van der Waals surface area contributed by atoms with Crippen molar-refractivity contribution in [1.29, 1.82) is 0 Å². The lowest BCUT2D eigenvalue weighted by Gasteiger charge is -2.34. The highest BCUT2D eigenvalue weighted by Gasteiger charge is 2.59. The van der Waals surface area contributed by atoms with Crippen LogP contribution < -0.4 is 10.2 Å². The highest BCUT2D eigenvalue weighted by molar-refractivity contribution is 7.95. The van der Waals surface area contributed by atoms with Crippen LogP contribution in [0.3, 0.4) is 0 Å². The highest BCUT2D eigenvalue weighted by Crippen LogP contribution is 2.41. The number of carbonyl (C=O) groups is 1. The van der Waals surface area contributed by atoms with E-state index in [0.717, 1.165) is 54.6 Å². The Labute approximate surface area is 208 Å². The number of hydrogen-bond acceptors (Lipinski definition) is 5. The van der Waals surface area contributed by atoms with Crippen LogP contribution in [0.4, 0.5) is 23.7 Å². The number of carbonyl (C=O) groups excluding carboxylic acids is 1. The lowest BCUT2D eigenvalue weighted by molar-refractivity contribution is -0.137. The number of aromatic nitrogens is 1. The van der Waals surface area contributed by atoms with Crippen molar-refractivity contribution < 1.29 is 26.7 Å². The number of anilines is 1. The molecule has 1 aromatic heterocycles. The summed E-state index contributed by atoms with van der Waals surface area (Å²) in [6, 6.07) is 6.70. The van der Waals surface area contributed by atoms with E-state index in [1.807, 2.05) is 0 Å². The van der Waals surface area contributed by atoms with E-state index in [1.165, 1.54) is 11.1 Å².